The molecule has 2 heterocycles. The molecule has 2 N–H and O–H groups in total. The summed E-state index contributed by atoms with van der Waals surface area (Å²) in [5.41, 5.74) is 1.67. The van der Waals surface area contributed by atoms with Crippen molar-refractivity contribution in [3.63, 3.8) is 0 Å². The fraction of sp³-hybridized carbons (Fsp3) is 0.500. The van der Waals surface area contributed by atoms with Crippen LogP contribution >= 0.6 is 35.6 Å². The van der Waals surface area contributed by atoms with Gasteiger partial charge in [0.1, 0.15) is 11.9 Å². The van der Waals surface area contributed by atoms with Crippen LogP contribution in [-0.4, -0.2) is 65.3 Å². The fourth-order valence-corrected chi connectivity index (χ4v) is 3.54. The Kier molecular flexibility index (Phi) is 9.67. The Morgan fingerprint density at radius 3 is 2.66 bits per heavy atom. The van der Waals surface area contributed by atoms with E-state index in [1.165, 1.54) is 0 Å². The molecule has 2 aromatic rings. The molecule has 0 radical (unpaired) electrons. The molecule has 29 heavy (non-hydrogen) atoms. The van der Waals surface area contributed by atoms with Gasteiger partial charge in [-0.25, -0.2) is 0 Å². The van der Waals surface area contributed by atoms with E-state index in [9.17, 15) is 5.11 Å². The lowest BCUT2D eigenvalue weighted by Crippen LogP contribution is -2.52. The first-order chi connectivity index (χ1) is 13.6. The van der Waals surface area contributed by atoms with E-state index >= 15 is 0 Å². The average Bonchev–Trinajstić information content (AvgIpc) is 3.10. The van der Waals surface area contributed by atoms with Crippen LogP contribution in [0.4, 0.5) is 0 Å². The molecule has 1 aliphatic heterocycles. The summed E-state index contributed by atoms with van der Waals surface area (Å²) in [7, 11) is 0. The Morgan fingerprint density at radius 1 is 1.31 bits per heavy atom. The molecular formula is C20H29ClIN5O2. The van der Waals surface area contributed by atoms with E-state index < -0.39 is 6.10 Å². The molecule has 1 aliphatic rings. The second-order valence-electron chi connectivity index (χ2n) is 6.92. The molecule has 1 atom stereocenters. The van der Waals surface area contributed by atoms with E-state index in [0.717, 1.165) is 56.7 Å². The van der Waals surface area contributed by atoms with Crippen molar-refractivity contribution >= 4 is 41.5 Å². The number of guanidine groups is 1. The second-order valence-corrected chi connectivity index (χ2v) is 7.33. The van der Waals surface area contributed by atoms with Gasteiger partial charge in [0.15, 0.2) is 5.96 Å². The first-order valence-electron chi connectivity index (χ1n) is 9.67. The number of nitrogens with zero attached hydrogens (tertiary/aromatic N) is 4. The average molecular weight is 534 g/mol. The zero-order chi connectivity index (χ0) is 19.9. The number of hydrogen-bond acceptors (Lipinski definition) is 5. The van der Waals surface area contributed by atoms with Crippen molar-refractivity contribution in [2.24, 2.45) is 4.99 Å². The highest BCUT2D eigenvalue weighted by molar-refractivity contribution is 14.0. The van der Waals surface area contributed by atoms with Crippen LogP contribution in [0, 0.1) is 6.92 Å². The van der Waals surface area contributed by atoms with Crippen molar-refractivity contribution in [2.75, 3.05) is 39.3 Å². The molecular weight excluding hydrogens is 505 g/mol. The predicted molar refractivity (Wildman–Crippen MR) is 126 cm³/mol. The Balaban J connectivity index is 0.00000300. The van der Waals surface area contributed by atoms with Gasteiger partial charge in [0.25, 0.3) is 0 Å². The lowest BCUT2D eigenvalue weighted by Gasteiger charge is -2.36. The minimum atomic E-state index is -0.723. The normalized spacial score (nSPS) is 16.4. The summed E-state index contributed by atoms with van der Waals surface area (Å²) < 4.78 is 5.15. The Bertz CT molecular complexity index is 793. The molecule has 1 fully saturated rings. The zero-order valence-electron chi connectivity index (χ0n) is 16.8. The second kappa shape index (κ2) is 11.7. The van der Waals surface area contributed by atoms with Gasteiger partial charge < -0.3 is 19.8 Å². The molecule has 0 amide bonds. The quantitative estimate of drug-likeness (QED) is 0.338. The van der Waals surface area contributed by atoms with E-state index in [2.05, 4.69) is 25.3 Å². The zero-order valence-corrected chi connectivity index (χ0v) is 19.9. The largest absolute Gasteiger partial charge is 0.386 e. The number of aliphatic hydroxyl groups excluding tert-OH is 1. The first-order valence-corrected chi connectivity index (χ1v) is 10.0. The third-order valence-electron chi connectivity index (χ3n) is 4.75. The summed E-state index contributed by atoms with van der Waals surface area (Å²) in [6, 6.07) is 9.32. The monoisotopic (exact) mass is 533 g/mol. The van der Waals surface area contributed by atoms with Gasteiger partial charge in [-0.2, -0.15) is 0 Å². The molecule has 160 valence electrons. The minimum absolute atomic E-state index is 0. The molecule has 1 saturated heterocycles. The number of hydrogen-bond donors (Lipinski definition) is 2. The molecule has 1 aromatic heterocycles. The van der Waals surface area contributed by atoms with Crippen LogP contribution in [0.3, 0.4) is 0 Å². The van der Waals surface area contributed by atoms with Crippen LogP contribution in [0.5, 0.6) is 0 Å². The third kappa shape index (κ3) is 6.84. The lowest BCUT2D eigenvalue weighted by molar-refractivity contribution is 0.166. The fourth-order valence-electron chi connectivity index (χ4n) is 3.28. The van der Waals surface area contributed by atoms with Crippen molar-refractivity contribution in [1.82, 2.24) is 20.3 Å². The van der Waals surface area contributed by atoms with Gasteiger partial charge in [-0.15, -0.1) is 24.0 Å². The van der Waals surface area contributed by atoms with Gasteiger partial charge in [-0.3, -0.25) is 9.89 Å². The molecule has 3 rings (SSSR count). The number of aliphatic hydroxyl groups is 1. The minimum Gasteiger partial charge on any atom is -0.386 e. The van der Waals surface area contributed by atoms with Gasteiger partial charge in [0.2, 0.25) is 0 Å². The Labute approximate surface area is 194 Å². The van der Waals surface area contributed by atoms with E-state index in [4.69, 9.17) is 16.1 Å². The molecule has 0 aliphatic carbocycles. The Hall–Kier alpha value is -1.36. The molecule has 0 bridgehead atoms. The summed E-state index contributed by atoms with van der Waals surface area (Å²) >= 11 is 6.18. The van der Waals surface area contributed by atoms with Crippen molar-refractivity contribution in [1.29, 1.82) is 0 Å². The number of benzene rings is 1. The topological polar surface area (TPSA) is 77.1 Å². The number of nitrogens with one attached hydrogen (secondary N) is 1. The number of piperazine rings is 1. The van der Waals surface area contributed by atoms with E-state index in [-0.39, 0.29) is 30.5 Å². The molecule has 1 aromatic carbocycles. The number of aromatic nitrogens is 1. The van der Waals surface area contributed by atoms with Crippen LogP contribution < -0.4 is 5.32 Å². The predicted octanol–water partition coefficient (Wildman–Crippen LogP) is 3.07. The maximum Gasteiger partial charge on any atom is 0.194 e. The van der Waals surface area contributed by atoms with Crippen molar-refractivity contribution in [3.05, 3.63) is 52.4 Å². The molecule has 9 heteroatoms. The van der Waals surface area contributed by atoms with Gasteiger partial charge in [0, 0.05) is 55.9 Å². The number of aliphatic imine (C=N–C) groups is 1. The SMILES string of the molecule is CCNC(=NCC(O)c1ccccc1Cl)N1CCN(Cc2cc(C)on2)CC1.I. The van der Waals surface area contributed by atoms with Crippen molar-refractivity contribution in [3.8, 4) is 0 Å². The number of rotatable bonds is 6. The van der Waals surface area contributed by atoms with Crippen LogP contribution in [0.2, 0.25) is 5.02 Å². The Morgan fingerprint density at radius 2 is 2.03 bits per heavy atom. The van der Waals surface area contributed by atoms with Gasteiger partial charge in [0.05, 0.1) is 12.2 Å². The highest BCUT2D eigenvalue weighted by Crippen LogP contribution is 2.22. The van der Waals surface area contributed by atoms with Gasteiger partial charge >= 0.3 is 0 Å². The third-order valence-corrected chi connectivity index (χ3v) is 5.09. The van der Waals surface area contributed by atoms with E-state index in [0.29, 0.717) is 10.6 Å². The standard InChI is InChI=1S/C20H28ClN5O2.HI/c1-3-22-20(23-13-19(27)17-6-4-5-7-18(17)21)26-10-8-25(9-11-26)14-16-12-15(2)28-24-16;/h4-7,12,19,27H,3,8-11,13-14H2,1-2H3,(H,22,23);1H. The lowest BCUT2D eigenvalue weighted by atomic mass is 10.1. The van der Waals surface area contributed by atoms with Crippen LogP contribution in [-0.2, 0) is 6.54 Å². The van der Waals surface area contributed by atoms with Gasteiger partial charge in [-0.05, 0) is 19.9 Å². The van der Waals surface area contributed by atoms with Crippen LogP contribution in [0.25, 0.3) is 0 Å². The smallest absolute Gasteiger partial charge is 0.194 e. The maximum absolute atomic E-state index is 10.5. The van der Waals surface area contributed by atoms with Crippen molar-refractivity contribution < 1.29 is 9.63 Å². The van der Waals surface area contributed by atoms with Crippen LogP contribution in [0.15, 0.2) is 39.8 Å². The molecule has 1 unspecified atom stereocenters. The summed E-state index contributed by atoms with van der Waals surface area (Å²) in [6.07, 6.45) is -0.723. The highest BCUT2D eigenvalue weighted by atomic mass is 127. The highest BCUT2D eigenvalue weighted by Gasteiger charge is 2.21. The summed E-state index contributed by atoms with van der Waals surface area (Å²) in [6.45, 7) is 9.37. The van der Waals surface area contributed by atoms with Gasteiger partial charge in [-0.1, -0.05) is 35.0 Å². The summed E-state index contributed by atoms with van der Waals surface area (Å²) in [5, 5.41) is 18.4. The number of aryl methyl sites for hydroxylation is 1. The van der Waals surface area contributed by atoms with Crippen molar-refractivity contribution in [2.45, 2.75) is 26.5 Å². The summed E-state index contributed by atoms with van der Waals surface area (Å²) in [5.74, 6) is 1.66. The molecule has 0 spiro atoms. The molecule has 7 nitrogen and oxygen atoms in total. The first kappa shape index (κ1) is 23.9. The summed E-state index contributed by atoms with van der Waals surface area (Å²) in [4.78, 5) is 9.23. The molecule has 0 saturated carbocycles. The number of halogens is 2. The van der Waals surface area contributed by atoms with E-state index in [1.807, 2.05) is 38.1 Å². The van der Waals surface area contributed by atoms with E-state index in [1.54, 1.807) is 6.07 Å². The maximum atomic E-state index is 10.5. The van der Waals surface area contributed by atoms with Crippen LogP contribution in [0.1, 0.15) is 30.0 Å².